The van der Waals surface area contributed by atoms with E-state index in [4.69, 9.17) is 0 Å². The van der Waals surface area contributed by atoms with Crippen LogP contribution in [0.5, 0.6) is 0 Å². The standard InChI is InChI=1S/C18H26F3N7O/c1-11-13(25-16-23-8-7-14(22-4)28(16)18(19,20)21)10-27(26-11)17(2,3)15(29)24-9-12-5-6-12/h7-8,10,12,16,22,25H,5-6,9H2,1-4H3,(H,24,29). The highest BCUT2D eigenvalue weighted by atomic mass is 19.4. The zero-order valence-electron chi connectivity index (χ0n) is 16.8. The number of anilines is 1. The topological polar surface area (TPSA) is 86.6 Å². The molecule has 1 unspecified atom stereocenters. The number of carbonyl (C=O) groups is 1. The number of hydrogen-bond donors (Lipinski definition) is 3. The Balaban J connectivity index is 1.78. The molecule has 1 aliphatic carbocycles. The van der Waals surface area contributed by atoms with Crippen molar-refractivity contribution in [3.05, 3.63) is 23.8 Å². The number of halogens is 3. The van der Waals surface area contributed by atoms with Gasteiger partial charge in [-0.3, -0.25) is 9.48 Å². The van der Waals surface area contributed by atoms with Crippen LogP contribution in [0.2, 0.25) is 0 Å². The highest BCUT2D eigenvalue weighted by Gasteiger charge is 2.44. The number of nitrogens with one attached hydrogen (secondary N) is 3. The van der Waals surface area contributed by atoms with E-state index in [1.54, 1.807) is 20.8 Å². The molecule has 0 saturated heterocycles. The van der Waals surface area contributed by atoms with Crippen molar-refractivity contribution in [2.24, 2.45) is 10.9 Å². The molecule has 2 heterocycles. The number of amides is 1. The van der Waals surface area contributed by atoms with Gasteiger partial charge < -0.3 is 16.0 Å². The SMILES string of the molecule is CNC1=CC=NC(Nc2cn(C(C)(C)C(=O)NCC3CC3)nc2C)N1C(F)(F)F. The number of nitrogens with zero attached hydrogens (tertiary/aromatic N) is 4. The number of carbonyl (C=O) groups excluding carboxylic acids is 1. The number of rotatable bonds is 7. The van der Waals surface area contributed by atoms with E-state index in [0.29, 0.717) is 23.8 Å². The van der Waals surface area contributed by atoms with Crippen molar-refractivity contribution >= 4 is 17.8 Å². The second-order valence-corrected chi connectivity index (χ2v) is 7.74. The Morgan fingerprint density at radius 2 is 2.00 bits per heavy atom. The van der Waals surface area contributed by atoms with Gasteiger partial charge in [0, 0.05) is 26.0 Å². The molecule has 8 nitrogen and oxygen atoms in total. The molecule has 1 saturated carbocycles. The van der Waals surface area contributed by atoms with E-state index in [9.17, 15) is 18.0 Å². The number of allylic oxidation sites excluding steroid dienone is 1. The van der Waals surface area contributed by atoms with Gasteiger partial charge in [-0.1, -0.05) is 0 Å². The largest absolute Gasteiger partial charge is 0.489 e. The van der Waals surface area contributed by atoms with Crippen LogP contribution in [-0.2, 0) is 10.3 Å². The molecule has 160 valence electrons. The zero-order chi connectivity index (χ0) is 21.4. The van der Waals surface area contributed by atoms with Crippen LogP contribution in [0.3, 0.4) is 0 Å². The van der Waals surface area contributed by atoms with Crippen molar-refractivity contribution in [3.63, 3.8) is 0 Å². The third kappa shape index (κ3) is 4.48. The van der Waals surface area contributed by atoms with Gasteiger partial charge in [0.15, 0.2) is 0 Å². The lowest BCUT2D eigenvalue weighted by Crippen LogP contribution is -2.51. The van der Waals surface area contributed by atoms with Crippen LogP contribution in [-0.4, -0.2) is 53.0 Å². The Morgan fingerprint density at radius 1 is 1.31 bits per heavy atom. The van der Waals surface area contributed by atoms with Gasteiger partial charge in [-0.2, -0.15) is 5.10 Å². The Bertz CT molecular complexity index is 824. The minimum atomic E-state index is -4.64. The van der Waals surface area contributed by atoms with Gasteiger partial charge in [-0.25, -0.2) is 9.89 Å². The van der Waals surface area contributed by atoms with Crippen LogP contribution >= 0.6 is 0 Å². The zero-order valence-corrected chi connectivity index (χ0v) is 16.8. The van der Waals surface area contributed by atoms with Gasteiger partial charge >= 0.3 is 6.30 Å². The number of aromatic nitrogens is 2. The monoisotopic (exact) mass is 413 g/mol. The Hall–Kier alpha value is -2.72. The third-order valence-electron chi connectivity index (χ3n) is 5.05. The molecule has 3 N–H and O–H groups in total. The first-order valence-corrected chi connectivity index (χ1v) is 9.43. The van der Waals surface area contributed by atoms with Crippen molar-refractivity contribution in [3.8, 4) is 0 Å². The molecule has 0 aromatic carbocycles. The van der Waals surface area contributed by atoms with E-state index in [-0.39, 0.29) is 16.6 Å². The summed E-state index contributed by atoms with van der Waals surface area (Å²) in [5.41, 5.74) is -0.164. The second kappa shape index (κ2) is 7.60. The molecule has 1 aromatic rings. The van der Waals surface area contributed by atoms with Gasteiger partial charge in [0.1, 0.15) is 11.4 Å². The fourth-order valence-corrected chi connectivity index (χ4v) is 2.96. The summed E-state index contributed by atoms with van der Waals surface area (Å²) in [6.07, 6.45) is 0.289. The molecule has 1 fully saturated rings. The lowest BCUT2D eigenvalue weighted by atomic mass is 10.1. The first-order chi connectivity index (χ1) is 13.5. The van der Waals surface area contributed by atoms with Crippen molar-refractivity contribution in [1.82, 2.24) is 25.3 Å². The number of aliphatic imine (C=N–C) groups is 1. The van der Waals surface area contributed by atoms with Gasteiger partial charge in [0.2, 0.25) is 12.2 Å². The summed E-state index contributed by atoms with van der Waals surface area (Å²) >= 11 is 0. The molecule has 29 heavy (non-hydrogen) atoms. The molecule has 1 aromatic heterocycles. The quantitative estimate of drug-likeness (QED) is 0.596. The lowest BCUT2D eigenvalue weighted by Gasteiger charge is -2.35. The number of hydrogen-bond acceptors (Lipinski definition) is 6. The number of alkyl halides is 3. The summed E-state index contributed by atoms with van der Waals surface area (Å²) in [5, 5.41) is 12.6. The molecule has 2 aliphatic rings. The molecule has 1 atom stereocenters. The smallest absolute Gasteiger partial charge is 0.374 e. The summed E-state index contributed by atoms with van der Waals surface area (Å²) in [6, 6.07) is 0. The fourth-order valence-electron chi connectivity index (χ4n) is 2.96. The van der Waals surface area contributed by atoms with E-state index in [1.165, 1.54) is 30.2 Å². The summed E-state index contributed by atoms with van der Waals surface area (Å²) in [7, 11) is 1.41. The fraction of sp³-hybridized carbons (Fsp3) is 0.611. The van der Waals surface area contributed by atoms with Gasteiger partial charge in [-0.05, 0) is 45.6 Å². The first-order valence-electron chi connectivity index (χ1n) is 9.43. The van der Waals surface area contributed by atoms with E-state index < -0.39 is 18.1 Å². The normalized spacial score (nSPS) is 19.8. The first kappa shape index (κ1) is 21.0. The minimum Gasteiger partial charge on any atom is -0.374 e. The molecule has 0 spiro atoms. The van der Waals surface area contributed by atoms with Crippen LogP contribution < -0.4 is 16.0 Å². The predicted molar refractivity (Wildman–Crippen MR) is 103 cm³/mol. The Kier molecular flexibility index (Phi) is 5.50. The maximum atomic E-state index is 13.5. The van der Waals surface area contributed by atoms with Crippen molar-refractivity contribution < 1.29 is 18.0 Å². The minimum absolute atomic E-state index is 0.130. The van der Waals surface area contributed by atoms with Crippen LogP contribution in [0.4, 0.5) is 18.9 Å². The highest BCUT2D eigenvalue weighted by Crippen LogP contribution is 2.31. The summed E-state index contributed by atoms with van der Waals surface area (Å²) < 4.78 is 42.1. The van der Waals surface area contributed by atoms with Gasteiger partial charge in [0.05, 0.1) is 11.4 Å². The van der Waals surface area contributed by atoms with Crippen LogP contribution in [0.25, 0.3) is 0 Å². The van der Waals surface area contributed by atoms with Crippen molar-refractivity contribution in [1.29, 1.82) is 0 Å². The lowest BCUT2D eigenvalue weighted by molar-refractivity contribution is -0.243. The maximum Gasteiger partial charge on any atom is 0.489 e. The predicted octanol–water partition coefficient (Wildman–Crippen LogP) is 2.12. The molecular formula is C18H26F3N7O. The van der Waals surface area contributed by atoms with Crippen LogP contribution in [0, 0.1) is 12.8 Å². The van der Waals surface area contributed by atoms with E-state index >= 15 is 0 Å². The molecule has 1 aliphatic heterocycles. The van der Waals surface area contributed by atoms with Crippen molar-refractivity contribution in [2.45, 2.75) is 51.7 Å². The maximum absolute atomic E-state index is 13.5. The Labute approximate surface area is 167 Å². The third-order valence-corrected chi connectivity index (χ3v) is 5.05. The molecular weight excluding hydrogens is 387 g/mol. The van der Waals surface area contributed by atoms with Crippen molar-refractivity contribution in [2.75, 3.05) is 18.9 Å². The van der Waals surface area contributed by atoms with E-state index in [1.807, 2.05) is 0 Å². The summed E-state index contributed by atoms with van der Waals surface area (Å²) in [5.74, 6) is 0.222. The summed E-state index contributed by atoms with van der Waals surface area (Å²) in [6.45, 7) is 5.72. The molecule has 11 heteroatoms. The molecule has 3 rings (SSSR count). The highest BCUT2D eigenvalue weighted by molar-refractivity contribution is 5.83. The average molecular weight is 413 g/mol. The molecule has 1 amide bonds. The van der Waals surface area contributed by atoms with E-state index in [0.717, 1.165) is 12.8 Å². The van der Waals surface area contributed by atoms with E-state index in [2.05, 4.69) is 26.0 Å². The molecule has 0 radical (unpaired) electrons. The number of aryl methyl sites for hydroxylation is 1. The van der Waals surface area contributed by atoms with Crippen LogP contribution in [0.1, 0.15) is 32.4 Å². The average Bonchev–Trinajstić information content (AvgIpc) is 3.41. The summed E-state index contributed by atoms with van der Waals surface area (Å²) in [4.78, 5) is 16.7. The second-order valence-electron chi connectivity index (χ2n) is 7.74. The van der Waals surface area contributed by atoms with Crippen LogP contribution in [0.15, 0.2) is 23.1 Å². The Morgan fingerprint density at radius 3 is 2.59 bits per heavy atom. The molecule has 0 bridgehead atoms. The van der Waals surface area contributed by atoms with Gasteiger partial charge in [-0.15, -0.1) is 13.2 Å². The van der Waals surface area contributed by atoms with Gasteiger partial charge in [0.25, 0.3) is 0 Å².